The lowest BCUT2D eigenvalue weighted by Crippen LogP contribution is -2.41. The molecule has 7 nitrogen and oxygen atoms in total. The van der Waals surface area contributed by atoms with Gasteiger partial charge in [-0.05, 0) is 31.2 Å². The highest BCUT2D eigenvalue weighted by Crippen LogP contribution is 2.15. The standard InChI is InChI=1S/C18H27ClN6O.HI/c1-4-17-23-22-14-25(17)11-10-21-18(20-5-2)24(3)12-13-26-16-8-6-15(19)7-9-16;/h6-9,14H,4-5,10-13H2,1-3H3,(H,20,21);1H. The second kappa shape index (κ2) is 12.8. The summed E-state index contributed by atoms with van der Waals surface area (Å²) >= 11 is 5.88. The van der Waals surface area contributed by atoms with Crippen LogP contribution in [0.4, 0.5) is 0 Å². The second-order valence-electron chi connectivity index (χ2n) is 5.75. The number of hydrogen-bond donors (Lipinski definition) is 1. The fourth-order valence-corrected chi connectivity index (χ4v) is 2.54. The van der Waals surface area contributed by atoms with Crippen molar-refractivity contribution >= 4 is 41.5 Å². The van der Waals surface area contributed by atoms with Crippen LogP contribution in [0.1, 0.15) is 19.7 Å². The van der Waals surface area contributed by atoms with Gasteiger partial charge < -0.3 is 19.5 Å². The first kappa shape index (κ1) is 23.5. The molecule has 0 atom stereocenters. The Bertz CT molecular complexity index is 691. The van der Waals surface area contributed by atoms with Gasteiger partial charge in [-0.1, -0.05) is 18.5 Å². The monoisotopic (exact) mass is 506 g/mol. The summed E-state index contributed by atoms with van der Waals surface area (Å²) in [6, 6.07) is 7.38. The second-order valence-corrected chi connectivity index (χ2v) is 6.19. The van der Waals surface area contributed by atoms with Crippen molar-refractivity contribution < 1.29 is 4.74 Å². The highest BCUT2D eigenvalue weighted by atomic mass is 127. The average Bonchev–Trinajstić information content (AvgIpc) is 3.10. The zero-order valence-corrected chi connectivity index (χ0v) is 19.1. The first-order valence-corrected chi connectivity index (χ1v) is 9.26. The van der Waals surface area contributed by atoms with Crippen LogP contribution in [-0.4, -0.2) is 58.9 Å². The number of aromatic nitrogens is 3. The first-order chi connectivity index (χ1) is 12.6. The molecule has 0 amide bonds. The number of guanidine groups is 1. The van der Waals surface area contributed by atoms with Crippen molar-refractivity contribution in [3.05, 3.63) is 41.4 Å². The van der Waals surface area contributed by atoms with Gasteiger partial charge in [-0.2, -0.15) is 0 Å². The zero-order chi connectivity index (χ0) is 18.8. The highest BCUT2D eigenvalue weighted by molar-refractivity contribution is 14.0. The van der Waals surface area contributed by atoms with E-state index in [0.29, 0.717) is 18.2 Å². The van der Waals surface area contributed by atoms with E-state index in [1.165, 1.54) is 0 Å². The van der Waals surface area contributed by atoms with Gasteiger partial charge in [-0.3, -0.25) is 4.99 Å². The van der Waals surface area contributed by atoms with Gasteiger partial charge in [0, 0.05) is 31.6 Å². The number of nitrogens with one attached hydrogen (secondary N) is 1. The molecule has 0 aliphatic rings. The largest absolute Gasteiger partial charge is 0.492 e. The third-order valence-electron chi connectivity index (χ3n) is 3.82. The molecule has 0 saturated heterocycles. The average molecular weight is 507 g/mol. The number of hydrogen-bond acceptors (Lipinski definition) is 4. The van der Waals surface area contributed by atoms with Crippen molar-refractivity contribution in [2.75, 3.05) is 33.3 Å². The number of nitrogens with zero attached hydrogens (tertiary/aromatic N) is 5. The quantitative estimate of drug-likeness (QED) is 0.322. The number of rotatable bonds is 9. The number of likely N-dealkylation sites (N-methyl/N-ethyl adjacent to an activating group) is 1. The van der Waals surface area contributed by atoms with E-state index in [4.69, 9.17) is 16.3 Å². The fraction of sp³-hybridized carbons (Fsp3) is 0.500. The predicted octanol–water partition coefficient (Wildman–Crippen LogP) is 3.09. The maximum atomic E-state index is 5.88. The summed E-state index contributed by atoms with van der Waals surface area (Å²) < 4.78 is 7.79. The Morgan fingerprint density at radius 1 is 1.30 bits per heavy atom. The molecule has 27 heavy (non-hydrogen) atoms. The minimum Gasteiger partial charge on any atom is -0.492 e. The number of benzene rings is 1. The lowest BCUT2D eigenvalue weighted by atomic mass is 10.3. The summed E-state index contributed by atoms with van der Waals surface area (Å²) in [5, 5.41) is 12.1. The van der Waals surface area contributed by atoms with Crippen molar-refractivity contribution in [3.63, 3.8) is 0 Å². The molecule has 0 aliphatic carbocycles. The van der Waals surface area contributed by atoms with Crippen molar-refractivity contribution in [3.8, 4) is 5.75 Å². The van der Waals surface area contributed by atoms with Crippen LogP contribution in [-0.2, 0) is 13.0 Å². The van der Waals surface area contributed by atoms with Crippen molar-refractivity contribution in [1.82, 2.24) is 25.0 Å². The van der Waals surface area contributed by atoms with Crippen LogP contribution in [0.5, 0.6) is 5.75 Å². The molecule has 150 valence electrons. The molecular weight excluding hydrogens is 479 g/mol. The Hall–Kier alpha value is -1.55. The van der Waals surface area contributed by atoms with Gasteiger partial charge in [0.25, 0.3) is 0 Å². The molecule has 0 saturated carbocycles. The molecule has 0 bridgehead atoms. The number of halogens is 2. The van der Waals surface area contributed by atoms with E-state index in [-0.39, 0.29) is 24.0 Å². The van der Waals surface area contributed by atoms with Crippen LogP contribution in [0.15, 0.2) is 35.6 Å². The van der Waals surface area contributed by atoms with Gasteiger partial charge in [0.05, 0.1) is 13.1 Å². The third-order valence-corrected chi connectivity index (χ3v) is 4.07. The molecule has 0 fully saturated rings. The van der Waals surface area contributed by atoms with Gasteiger partial charge >= 0.3 is 0 Å². The summed E-state index contributed by atoms with van der Waals surface area (Å²) in [6.07, 6.45) is 2.62. The summed E-state index contributed by atoms with van der Waals surface area (Å²) in [6.45, 7) is 7.66. The molecule has 0 spiro atoms. The molecule has 2 rings (SSSR count). The van der Waals surface area contributed by atoms with Crippen LogP contribution < -0.4 is 10.1 Å². The highest BCUT2D eigenvalue weighted by Gasteiger charge is 2.06. The van der Waals surface area contributed by atoms with Crippen molar-refractivity contribution in [2.45, 2.75) is 26.8 Å². The van der Waals surface area contributed by atoms with E-state index in [2.05, 4.69) is 39.3 Å². The van der Waals surface area contributed by atoms with Gasteiger partial charge in [0.15, 0.2) is 5.96 Å². The Morgan fingerprint density at radius 3 is 2.70 bits per heavy atom. The van der Waals surface area contributed by atoms with E-state index in [9.17, 15) is 0 Å². The number of ether oxygens (including phenoxy) is 1. The van der Waals surface area contributed by atoms with E-state index >= 15 is 0 Å². The third kappa shape index (κ3) is 7.92. The zero-order valence-electron chi connectivity index (χ0n) is 16.1. The molecular formula is C18H28ClIN6O. The molecule has 9 heteroatoms. The molecule has 0 aliphatic heterocycles. The summed E-state index contributed by atoms with van der Waals surface area (Å²) in [4.78, 5) is 6.74. The van der Waals surface area contributed by atoms with Crippen LogP contribution in [0.25, 0.3) is 0 Å². The summed E-state index contributed by atoms with van der Waals surface area (Å²) in [5.41, 5.74) is 0. The van der Waals surface area contributed by atoms with Crippen LogP contribution >= 0.6 is 35.6 Å². The molecule has 0 unspecified atom stereocenters. The van der Waals surface area contributed by atoms with Crippen molar-refractivity contribution in [1.29, 1.82) is 0 Å². The van der Waals surface area contributed by atoms with Crippen LogP contribution in [0.2, 0.25) is 5.02 Å². The fourth-order valence-electron chi connectivity index (χ4n) is 2.41. The normalized spacial score (nSPS) is 11.0. The van der Waals surface area contributed by atoms with Crippen LogP contribution in [0, 0.1) is 0 Å². The summed E-state index contributed by atoms with van der Waals surface area (Å²) in [5.74, 6) is 2.65. The molecule has 0 radical (unpaired) electrons. The Kier molecular flexibility index (Phi) is 11.1. The van der Waals surface area contributed by atoms with E-state index in [1.54, 1.807) is 6.33 Å². The van der Waals surface area contributed by atoms with E-state index < -0.39 is 0 Å². The topological polar surface area (TPSA) is 67.6 Å². The SMILES string of the molecule is CCNC(=NCCn1cnnc1CC)N(C)CCOc1ccc(Cl)cc1.I. The van der Waals surface area contributed by atoms with E-state index in [0.717, 1.165) is 43.6 Å². The Labute approximate surface area is 183 Å². The van der Waals surface area contributed by atoms with Gasteiger partial charge in [0.1, 0.15) is 24.5 Å². The lowest BCUT2D eigenvalue weighted by Gasteiger charge is -2.22. The first-order valence-electron chi connectivity index (χ1n) is 8.88. The number of aliphatic imine (C=N–C) groups is 1. The maximum absolute atomic E-state index is 5.88. The van der Waals surface area contributed by atoms with Crippen molar-refractivity contribution in [2.24, 2.45) is 4.99 Å². The Morgan fingerprint density at radius 2 is 2.04 bits per heavy atom. The van der Waals surface area contributed by atoms with Gasteiger partial charge in [-0.15, -0.1) is 34.2 Å². The van der Waals surface area contributed by atoms with Gasteiger partial charge in [-0.25, -0.2) is 0 Å². The van der Waals surface area contributed by atoms with E-state index in [1.807, 2.05) is 35.9 Å². The molecule has 1 N–H and O–H groups in total. The molecule has 1 aromatic heterocycles. The minimum absolute atomic E-state index is 0. The molecule has 1 heterocycles. The minimum atomic E-state index is 0. The Balaban J connectivity index is 0.00000364. The lowest BCUT2D eigenvalue weighted by molar-refractivity contribution is 0.281. The van der Waals surface area contributed by atoms with Gasteiger partial charge in [0.2, 0.25) is 0 Å². The molecule has 2 aromatic rings. The summed E-state index contributed by atoms with van der Waals surface area (Å²) in [7, 11) is 2.00. The predicted molar refractivity (Wildman–Crippen MR) is 120 cm³/mol. The molecule has 1 aromatic carbocycles. The maximum Gasteiger partial charge on any atom is 0.193 e. The van der Waals surface area contributed by atoms with Crippen LogP contribution in [0.3, 0.4) is 0 Å². The smallest absolute Gasteiger partial charge is 0.193 e. The number of aryl methyl sites for hydroxylation is 1.